The molecule has 0 aliphatic rings. The zero-order chi connectivity index (χ0) is 12.3. The van der Waals surface area contributed by atoms with Crippen molar-refractivity contribution in [1.82, 2.24) is 0 Å². The molecule has 0 saturated heterocycles. The Balaban J connectivity index is 3.40. The third-order valence-corrected chi connectivity index (χ3v) is 3.33. The average Bonchev–Trinajstić information content (AvgIpc) is 2.27. The van der Waals surface area contributed by atoms with E-state index in [0.29, 0.717) is 5.75 Å². The van der Waals surface area contributed by atoms with Gasteiger partial charge in [0.25, 0.3) is 0 Å². The molecule has 0 aliphatic heterocycles. The van der Waals surface area contributed by atoms with E-state index in [4.69, 9.17) is 9.47 Å². The van der Waals surface area contributed by atoms with Crippen LogP contribution in [-0.2, 0) is 0 Å². The van der Waals surface area contributed by atoms with Crippen LogP contribution < -0.4 is 9.47 Å². The van der Waals surface area contributed by atoms with Gasteiger partial charge in [0, 0.05) is 17.0 Å². The van der Waals surface area contributed by atoms with Gasteiger partial charge in [-0.25, -0.2) is 0 Å². The summed E-state index contributed by atoms with van der Waals surface area (Å²) in [6.45, 7) is 4.04. The molecule has 1 unspecified atom stereocenters. The summed E-state index contributed by atoms with van der Waals surface area (Å²) in [5.74, 6) is 1.48. The minimum atomic E-state index is 0.0641. The van der Waals surface area contributed by atoms with Gasteiger partial charge in [-0.15, -0.1) is 0 Å². The highest BCUT2D eigenvalue weighted by Gasteiger charge is 2.18. The Bertz CT molecular complexity index is 377. The fourth-order valence-electron chi connectivity index (χ4n) is 1.85. The van der Waals surface area contributed by atoms with Crippen LogP contribution in [0, 0.1) is 6.92 Å². The van der Waals surface area contributed by atoms with E-state index in [9.17, 15) is 5.11 Å². The molecule has 0 aliphatic carbocycles. The summed E-state index contributed by atoms with van der Waals surface area (Å²) in [4.78, 5) is 0. The van der Waals surface area contributed by atoms with Crippen LogP contribution in [0.2, 0.25) is 0 Å². The van der Waals surface area contributed by atoms with Crippen LogP contribution in [0.1, 0.15) is 24.0 Å². The van der Waals surface area contributed by atoms with Gasteiger partial charge in [0.15, 0.2) is 11.5 Å². The van der Waals surface area contributed by atoms with E-state index in [1.54, 1.807) is 14.2 Å². The maximum absolute atomic E-state index is 9.23. The molecule has 0 heterocycles. The van der Waals surface area contributed by atoms with Crippen LogP contribution in [0.5, 0.6) is 11.5 Å². The van der Waals surface area contributed by atoms with Crippen molar-refractivity contribution in [2.45, 2.75) is 19.8 Å². The van der Waals surface area contributed by atoms with E-state index in [0.717, 1.165) is 21.3 Å². The van der Waals surface area contributed by atoms with Crippen molar-refractivity contribution in [3.8, 4) is 11.5 Å². The second kappa shape index (κ2) is 5.55. The molecule has 0 fully saturated rings. The molecule has 0 radical (unpaired) electrons. The molecule has 0 saturated carbocycles. The summed E-state index contributed by atoms with van der Waals surface area (Å²) >= 11 is 3.50. The van der Waals surface area contributed by atoms with Gasteiger partial charge < -0.3 is 14.6 Å². The van der Waals surface area contributed by atoms with Crippen molar-refractivity contribution in [3.05, 3.63) is 21.7 Å². The first kappa shape index (κ1) is 13.3. The Labute approximate surface area is 105 Å². The lowest BCUT2D eigenvalue weighted by molar-refractivity contribution is 0.271. The fourth-order valence-corrected chi connectivity index (χ4v) is 2.74. The molecule has 1 rings (SSSR count). The lowest BCUT2D eigenvalue weighted by atomic mass is 9.96. The van der Waals surface area contributed by atoms with Crippen molar-refractivity contribution >= 4 is 15.9 Å². The normalized spacial score (nSPS) is 12.4. The molecule has 1 aromatic carbocycles. The molecule has 1 atom stereocenters. The Morgan fingerprint density at radius 3 is 2.44 bits per heavy atom. The van der Waals surface area contributed by atoms with Gasteiger partial charge in [-0.2, -0.15) is 0 Å². The topological polar surface area (TPSA) is 38.7 Å². The number of halogens is 1. The minimum absolute atomic E-state index is 0.0641. The Hall–Kier alpha value is -0.740. The molecule has 0 bridgehead atoms. The van der Waals surface area contributed by atoms with E-state index in [-0.39, 0.29) is 12.5 Å². The zero-order valence-corrected chi connectivity index (χ0v) is 11.6. The molecule has 4 heteroatoms. The smallest absolute Gasteiger partial charge is 0.163 e. The van der Waals surface area contributed by atoms with Crippen molar-refractivity contribution in [2.24, 2.45) is 0 Å². The number of hydrogen-bond acceptors (Lipinski definition) is 3. The Morgan fingerprint density at radius 1 is 1.38 bits per heavy atom. The molecule has 3 nitrogen and oxygen atoms in total. The van der Waals surface area contributed by atoms with Gasteiger partial charge in [-0.3, -0.25) is 0 Å². The second-order valence-corrected chi connectivity index (χ2v) is 4.57. The first-order valence-electron chi connectivity index (χ1n) is 5.08. The van der Waals surface area contributed by atoms with Gasteiger partial charge in [0.2, 0.25) is 0 Å². The predicted molar refractivity (Wildman–Crippen MR) is 67.5 cm³/mol. The third-order valence-electron chi connectivity index (χ3n) is 2.67. The van der Waals surface area contributed by atoms with E-state index in [2.05, 4.69) is 15.9 Å². The first-order chi connectivity index (χ1) is 7.56. The van der Waals surface area contributed by atoms with Crippen LogP contribution in [0.15, 0.2) is 10.5 Å². The average molecular weight is 289 g/mol. The number of methoxy groups -OCH3 is 2. The number of aliphatic hydroxyl groups excluding tert-OH is 1. The number of hydrogen-bond donors (Lipinski definition) is 1. The summed E-state index contributed by atoms with van der Waals surface area (Å²) in [6, 6.07) is 1.87. The SMILES string of the molecule is COc1cc(Br)c(C(C)CO)c(C)c1OC. The van der Waals surface area contributed by atoms with Crippen molar-refractivity contribution < 1.29 is 14.6 Å². The minimum Gasteiger partial charge on any atom is -0.493 e. The number of benzene rings is 1. The lowest BCUT2D eigenvalue weighted by Crippen LogP contribution is -2.05. The molecule has 16 heavy (non-hydrogen) atoms. The van der Waals surface area contributed by atoms with Crippen LogP contribution in [0.4, 0.5) is 0 Å². The lowest BCUT2D eigenvalue weighted by Gasteiger charge is -2.19. The highest BCUT2D eigenvalue weighted by atomic mass is 79.9. The maximum atomic E-state index is 9.23. The second-order valence-electron chi connectivity index (χ2n) is 3.72. The molecule has 1 N–H and O–H groups in total. The van der Waals surface area contributed by atoms with Gasteiger partial charge in [0.05, 0.1) is 14.2 Å². The van der Waals surface area contributed by atoms with Gasteiger partial charge in [-0.1, -0.05) is 22.9 Å². The monoisotopic (exact) mass is 288 g/mol. The standard InChI is InChI=1S/C12H17BrO3/c1-7(6-14)11-8(2)12(16-4)10(15-3)5-9(11)13/h5,7,14H,6H2,1-4H3. The highest BCUT2D eigenvalue weighted by molar-refractivity contribution is 9.10. The van der Waals surface area contributed by atoms with Crippen LogP contribution in [-0.4, -0.2) is 25.9 Å². The van der Waals surface area contributed by atoms with Crippen LogP contribution >= 0.6 is 15.9 Å². The summed E-state index contributed by atoms with van der Waals surface area (Å²) in [5.41, 5.74) is 2.05. The zero-order valence-electron chi connectivity index (χ0n) is 10.0. The third kappa shape index (κ3) is 2.33. The highest BCUT2D eigenvalue weighted by Crippen LogP contribution is 2.40. The number of aliphatic hydroxyl groups is 1. The maximum Gasteiger partial charge on any atom is 0.163 e. The molecule has 0 spiro atoms. The van der Waals surface area contributed by atoms with Gasteiger partial charge in [0.1, 0.15) is 0 Å². The van der Waals surface area contributed by atoms with Crippen molar-refractivity contribution in [2.75, 3.05) is 20.8 Å². The summed E-state index contributed by atoms with van der Waals surface area (Å²) in [6.07, 6.45) is 0. The van der Waals surface area contributed by atoms with E-state index in [1.807, 2.05) is 19.9 Å². The summed E-state index contributed by atoms with van der Waals surface area (Å²) < 4.78 is 11.5. The Morgan fingerprint density at radius 2 is 2.00 bits per heavy atom. The molecule has 0 aromatic heterocycles. The molecule has 1 aromatic rings. The summed E-state index contributed by atoms with van der Waals surface area (Å²) in [5, 5.41) is 9.23. The number of ether oxygens (including phenoxy) is 2. The summed E-state index contributed by atoms with van der Waals surface area (Å²) in [7, 11) is 3.23. The quantitative estimate of drug-likeness (QED) is 0.926. The molecule has 0 amide bonds. The largest absolute Gasteiger partial charge is 0.493 e. The van der Waals surface area contributed by atoms with Crippen molar-refractivity contribution in [1.29, 1.82) is 0 Å². The Kier molecular flexibility index (Phi) is 4.62. The van der Waals surface area contributed by atoms with Gasteiger partial charge in [-0.05, 0) is 24.1 Å². The molecular formula is C12H17BrO3. The van der Waals surface area contributed by atoms with Crippen LogP contribution in [0.3, 0.4) is 0 Å². The fraction of sp³-hybridized carbons (Fsp3) is 0.500. The number of rotatable bonds is 4. The predicted octanol–water partition coefficient (Wildman–Crippen LogP) is 2.87. The van der Waals surface area contributed by atoms with E-state index >= 15 is 0 Å². The first-order valence-corrected chi connectivity index (χ1v) is 5.87. The molecule has 90 valence electrons. The van der Waals surface area contributed by atoms with Crippen molar-refractivity contribution in [3.63, 3.8) is 0 Å². The van der Waals surface area contributed by atoms with E-state index < -0.39 is 0 Å². The van der Waals surface area contributed by atoms with Gasteiger partial charge >= 0.3 is 0 Å². The van der Waals surface area contributed by atoms with E-state index in [1.165, 1.54) is 0 Å². The van der Waals surface area contributed by atoms with Crippen LogP contribution in [0.25, 0.3) is 0 Å². The molecular weight excluding hydrogens is 272 g/mol.